The standard InChI is InChI=1S/C14H20Br2O/c15-10-4-2-1-3-5-11-17-14-8-6-13(12-16)7-9-14/h6-9H,1-5,10-12H2. The molecule has 1 rings (SSSR count). The number of benzene rings is 1. The molecule has 0 spiro atoms. The van der Waals surface area contributed by atoms with Crippen molar-refractivity contribution in [2.45, 2.75) is 37.4 Å². The maximum atomic E-state index is 5.69. The summed E-state index contributed by atoms with van der Waals surface area (Å²) in [5, 5.41) is 2.03. The quantitative estimate of drug-likeness (QED) is 0.427. The molecule has 0 radical (unpaired) electrons. The zero-order chi connectivity index (χ0) is 12.3. The van der Waals surface area contributed by atoms with Gasteiger partial charge in [0.25, 0.3) is 0 Å². The van der Waals surface area contributed by atoms with Gasteiger partial charge in [0, 0.05) is 10.7 Å². The Morgan fingerprint density at radius 2 is 1.47 bits per heavy atom. The van der Waals surface area contributed by atoms with Gasteiger partial charge in [-0.1, -0.05) is 63.3 Å². The highest BCUT2D eigenvalue weighted by Gasteiger charge is 1.95. The van der Waals surface area contributed by atoms with Crippen LogP contribution in [0.3, 0.4) is 0 Å². The van der Waals surface area contributed by atoms with Crippen LogP contribution >= 0.6 is 31.9 Å². The highest BCUT2D eigenvalue weighted by Crippen LogP contribution is 2.14. The van der Waals surface area contributed by atoms with Crippen LogP contribution in [0.1, 0.15) is 37.7 Å². The van der Waals surface area contributed by atoms with E-state index in [1.807, 2.05) is 12.1 Å². The van der Waals surface area contributed by atoms with Crippen LogP contribution < -0.4 is 4.74 Å². The molecule has 0 saturated carbocycles. The molecule has 96 valence electrons. The summed E-state index contributed by atoms with van der Waals surface area (Å²) in [6.45, 7) is 0.835. The Labute approximate surface area is 121 Å². The lowest BCUT2D eigenvalue weighted by molar-refractivity contribution is 0.304. The van der Waals surface area contributed by atoms with Gasteiger partial charge in [0.15, 0.2) is 0 Å². The molecule has 0 heterocycles. The van der Waals surface area contributed by atoms with Gasteiger partial charge in [0.05, 0.1) is 6.61 Å². The molecule has 0 atom stereocenters. The number of unbranched alkanes of at least 4 members (excludes halogenated alkanes) is 4. The van der Waals surface area contributed by atoms with E-state index < -0.39 is 0 Å². The van der Waals surface area contributed by atoms with E-state index in [1.54, 1.807) is 0 Å². The highest BCUT2D eigenvalue weighted by atomic mass is 79.9. The van der Waals surface area contributed by atoms with Crippen molar-refractivity contribution < 1.29 is 4.74 Å². The monoisotopic (exact) mass is 362 g/mol. The summed E-state index contributed by atoms with van der Waals surface area (Å²) in [6.07, 6.45) is 6.35. The Morgan fingerprint density at radius 3 is 2.12 bits per heavy atom. The van der Waals surface area contributed by atoms with Crippen molar-refractivity contribution in [3.63, 3.8) is 0 Å². The molecule has 0 N–H and O–H groups in total. The topological polar surface area (TPSA) is 9.23 Å². The fraction of sp³-hybridized carbons (Fsp3) is 0.571. The third-order valence-electron chi connectivity index (χ3n) is 2.62. The van der Waals surface area contributed by atoms with Crippen LogP contribution in [0.2, 0.25) is 0 Å². The average Bonchev–Trinajstić information content (AvgIpc) is 2.38. The molecule has 0 unspecified atom stereocenters. The van der Waals surface area contributed by atoms with E-state index in [9.17, 15) is 0 Å². The minimum Gasteiger partial charge on any atom is -0.494 e. The molecular formula is C14H20Br2O. The Hall–Kier alpha value is -0.0200. The van der Waals surface area contributed by atoms with Gasteiger partial charge in [-0.2, -0.15) is 0 Å². The van der Waals surface area contributed by atoms with Crippen molar-refractivity contribution in [2.75, 3.05) is 11.9 Å². The maximum Gasteiger partial charge on any atom is 0.119 e. The lowest BCUT2D eigenvalue weighted by Gasteiger charge is -2.06. The van der Waals surface area contributed by atoms with Crippen molar-refractivity contribution in [2.24, 2.45) is 0 Å². The van der Waals surface area contributed by atoms with E-state index in [0.717, 1.165) is 29.4 Å². The Bertz CT molecular complexity index is 285. The van der Waals surface area contributed by atoms with Gasteiger partial charge in [-0.15, -0.1) is 0 Å². The molecule has 0 aliphatic carbocycles. The molecule has 0 fully saturated rings. The van der Waals surface area contributed by atoms with Crippen molar-refractivity contribution in [1.82, 2.24) is 0 Å². The first-order valence-corrected chi connectivity index (χ1v) is 8.45. The maximum absolute atomic E-state index is 5.69. The molecular weight excluding hydrogens is 344 g/mol. The van der Waals surface area contributed by atoms with E-state index in [2.05, 4.69) is 44.0 Å². The van der Waals surface area contributed by atoms with Gasteiger partial charge in [0.2, 0.25) is 0 Å². The molecule has 0 bridgehead atoms. The van der Waals surface area contributed by atoms with E-state index in [0.29, 0.717) is 0 Å². The number of alkyl halides is 2. The molecule has 0 amide bonds. The first-order valence-electron chi connectivity index (χ1n) is 6.20. The number of hydrogen-bond acceptors (Lipinski definition) is 1. The van der Waals surface area contributed by atoms with Crippen LogP contribution in [-0.4, -0.2) is 11.9 Å². The van der Waals surface area contributed by atoms with E-state index in [1.165, 1.54) is 31.2 Å². The minimum absolute atomic E-state index is 0.835. The predicted octanol–water partition coefficient (Wildman–Crippen LogP) is 5.31. The molecule has 0 saturated heterocycles. The third-order valence-corrected chi connectivity index (χ3v) is 3.83. The van der Waals surface area contributed by atoms with Gasteiger partial charge >= 0.3 is 0 Å². The zero-order valence-corrected chi connectivity index (χ0v) is 13.3. The summed E-state index contributed by atoms with van der Waals surface area (Å²) in [5.41, 5.74) is 1.28. The van der Waals surface area contributed by atoms with E-state index in [4.69, 9.17) is 4.74 Å². The van der Waals surface area contributed by atoms with Crippen molar-refractivity contribution in [1.29, 1.82) is 0 Å². The minimum atomic E-state index is 0.835. The Morgan fingerprint density at radius 1 is 0.824 bits per heavy atom. The smallest absolute Gasteiger partial charge is 0.119 e. The second kappa shape index (κ2) is 9.95. The van der Waals surface area contributed by atoms with Crippen molar-refractivity contribution in [3.05, 3.63) is 29.8 Å². The van der Waals surface area contributed by atoms with Gasteiger partial charge in [-0.05, 0) is 30.5 Å². The average molecular weight is 364 g/mol. The van der Waals surface area contributed by atoms with Gasteiger partial charge < -0.3 is 4.74 Å². The Kier molecular flexibility index (Phi) is 8.81. The summed E-state index contributed by atoms with van der Waals surface area (Å²) in [7, 11) is 0. The predicted molar refractivity (Wildman–Crippen MR) is 81.4 cm³/mol. The second-order valence-electron chi connectivity index (χ2n) is 4.08. The first-order chi connectivity index (χ1) is 8.36. The molecule has 3 heteroatoms. The van der Waals surface area contributed by atoms with E-state index in [-0.39, 0.29) is 0 Å². The summed E-state index contributed by atoms with van der Waals surface area (Å²) < 4.78 is 5.69. The zero-order valence-electron chi connectivity index (χ0n) is 10.1. The van der Waals surface area contributed by atoms with Crippen molar-refractivity contribution in [3.8, 4) is 5.75 Å². The highest BCUT2D eigenvalue weighted by molar-refractivity contribution is 9.09. The molecule has 0 aliphatic rings. The number of hydrogen-bond donors (Lipinski definition) is 0. The molecule has 1 aromatic carbocycles. The number of halogens is 2. The summed E-state index contributed by atoms with van der Waals surface area (Å²) in [6, 6.07) is 8.28. The molecule has 1 aromatic rings. The number of ether oxygens (including phenoxy) is 1. The van der Waals surface area contributed by atoms with Crippen LogP contribution in [0.4, 0.5) is 0 Å². The normalized spacial score (nSPS) is 10.5. The van der Waals surface area contributed by atoms with Crippen LogP contribution in [0.25, 0.3) is 0 Å². The van der Waals surface area contributed by atoms with Crippen LogP contribution in [-0.2, 0) is 5.33 Å². The summed E-state index contributed by atoms with van der Waals surface area (Å²) in [5.74, 6) is 0.982. The van der Waals surface area contributed by atoms with Crippen LogP contribution in [0, 0.1) is 0 Å². The number of rotatable bonds is 9. The summed E-state index contributed by atoms with van der Waals surface area (Å²) in [4.78, 5) is 0. The SMILES string of the molecule is BrCCCCCCCOc1ccc(CBr)cc1. The fourth-order valence-electron chi connectivity index (χ4n) is 1.59. The third kappa shape index (κ3) is 7.10. The molecule has 0 aromatic heterocycles. The fourth-order valence-corrected chi connectivity index (χ4v) is 2.36. The van der Waals surface area contributed by atoms with E-state index >= 15 is 0 Å². The van der Waals surface area contributed by atoms with Gasteiger partial charge in [0.1, 0.15) is 5.75 Å². The van der Waals surface area contributed by atoms with Crippen LogP contribution in [0.5, 0.6) is 5.75 Å². The van der Waals surface area contributed by atoms with Crippen molar-refractivity contribution >= 4 is 31.9 Å². The lowest BCUT2D eigenvalue weighted by Crippen LogP contribution is -1.97. The second-order valence-corrected chi connectivity index (χ2v) is 5.44. The Balaban J connectivity index is 2.05. The first kappa shape index (κ1) is 15.0. The van der Waals surface area contributed by atoms with Gasteiger partial charge in [-0.3, -0.25) is 0 Å². The largest absolute Gasteiger partial charge is 0.494 e. The molecule has 17 heavy (non-hydrogen) atoms. The summed E-state index contributed by atoms with van der Waals surface area (Å²) >= 11 is 6.88. The lowest BCUT2D eigenvalue weighted by atomic mass is 10.2. The molecule has 0 aliphatic heterocycles. The van der Waals surface area contributed by atoms with Crippen LogP contribution in [0.15, 0.2) is 24.3 Å². The molecule has 1 nitrogen and oxygen atoms in total. The van der Waals surface area contributed by atoms with Gasteiger partial charge in [-0.25, -0.2) is 0 Å².